The summed E-state index contributed by atoms with van der Waals surface area (Å²) < 4.78 is 0. The van der Waals surface area contributed by atoms with Crippen molar-refractivity contribution in [1.29, 1.82) is 0 Å². The van der Waals surface area contributed by atoms with Gasteiger partial charge >= 0.3 is 0 Å². The van der Waals surface area contributed by atoms with E-state index in [-0.39, 0.29) is 87.0 Å². The number of hydrogen-bond acceptors (Lipinski definition) is 0. The van der Waals surface area contributed by atoms with E-state index < -0.39 is 0 Å². The van der Waals surface area contributed by atoms with Crippen molar-refractivity contribution < 1.29 is 35.6 Å². The fourth-order valence-corrected chi connectivity index (χ4v) is 1.03. The predicted molar refractivity (Wildman–Crippen MR) is 78.9 cm³/mol. The van der Waals surface area contributed by atoms with Crippen molar-refractivity contribution >= 4 is 51.4 Å². The van der Waals surface area contributed by atoms with Crippen molar-refractivity contribution in [2.24, 2.45) is 0 Å². The maximum Gasteiger partial charge on any atom is 0 e. The molecule has 0 aromatic carbocycles. The van der Waals surface area contributed by atoms with Crippen molar-refractivity contribution in [1.82, 2.24) is 0 Å². The van der Waals surface area contributed by atoms with Gasteiger partial charge in [0.1, 0.15) is 0 Å². The van der Waals surface area contributed by atoms with Gasteiger partial charge in [0, 0.05) is 87.0 Å². The third-order valence-corrected chi connectivity index (χ3v) is 1.78. The fourth-order valence-electron chi connectivity index (χ4n) is 1.03. The second-order valence-corrected chi connectivity index (χ2v) is 3.08. The van der Waals surface area contributed by atoms with Gasteiger partial charge in [0.15, 0.2) is 0 Å². The van der Waals surface area contributed by atoms with Gasteiger partial charge in [-0.05, 0) is 0 Å². The van der Waals surface area contributed by atoms with E-state index in [1.165, 1.54) is 0 Å². The molecule has 0 saturated carbocycles. The molecule has 0 aliphatic heterocycles. The third-order valence-electron chi connectivity index (χ3n) is 1.78. The van der Waals surface area contributed by atoms with Gasteiger partial charge < -0.3 is 0 Å². The molecule has 0 unspecified atom stereocenters. The summed E-state index contributed by atoms with van der Waals surface area (Å²) in [5.74, 6) is 0. The van der Waals surface area contributed by atoms with Gasteiger partial charge in [-0.25, -0.2) is 0 Å². The summed E-state index contributed by atoms with van der Waals surface area (Å²) in [5, 5.41) is 0. The van der Waals surface area contributed by atoms with E-state index in [2.05, 4.69) is 0 Å². The molecule has 0 N–H and O–H groups in total. The van der Waals surface area contributed by atoms with E-state index in [1.54, 1.807) is 0 Å². The van der Waals surface area contributed by atoms with Gasteiger partial charge in [-0.3, -0.25) is 0 Å². The second-order valence-electron chi connectivity index (χ2n) is 3.08. The van der Waals surface area contributed by atoms with Gasteiger partial charge in [-0.2, -0.15) is 0 Å². The van der Waals surface area contributed by atoms with E-state index in [4.69, 9.17) is 0 Å². The van der Waals surface area contributed by atoms with Crippen LogP contribution < -0.4 is 0 Å². The zero-order chi connectivity index (χ0) is 11.3. The van der Waals surface area contributed by atoms with E-state index in [1.807, 2.05) is 97.2 Å². The Morgan fingerprint density at radius 2 is 0.278 bits per heavy atom. The first kappa shape index (κ1) is 21.1. The molecule has 0 bridgehead atoms. The Labute approximate surface area is 181 Å². The molecule has 0 aromatic rings. The van der Waals surface area contributed by atoms with Gasteiger partial charge in [0.2, 0.25) is 0 Å². The molecular formula is C16H16KLa. The normalized spacial score (nSPS) is 28.4. The van der Waals surface area contributed by atoms with Crippen molar-refractivity contribution in [2.45, 2.75) is 0 Å². The molecule has 18 heavy (non-hydrogen) atoms. The van der Waals surface area contributed by atoms with Gasteiger partial charge in [-0.15, -0.1) is 0 Å². The van der Waals surface area contributed by atoms with Crippen molar-refractivity contribution in [3.63, 3.8) is 0 Å². The molecule has 0 aromatic heterocycles. The summed E-state index contributed by atoms with van der Waals surface area (Å²) in [7, 11) is 0. The fraction of sp³-hybridized carbons (Fsp3) is 0. The summed E-state index contributed by atoms with van der Waals surface area (Å²) in [6.45, 7) is 0. The molecule has 0 heterocycles. The zero-order valence-electron chi connectivity index (χ0n) is 10.8. The largest absolute Gasteiger partial charge is 0.0623 e. The topological polar surface area (TPSA) is 0 Å². The van der Waals surface area contributed by atoms with Crippen molar-refractivity contribution in [3.8, 4) is 0 Å². The van der Waals surface area contributed by atoms with Gasteiger partial charge in [0.05, 0.1) is 0 Å². The molecule has 0 spiro atoms. The molecule has 0 nitrogen and oxygen atoms in total. The van der Waals surface area contributed by atoms with Gasteiger partial charge in [-0.1, -0.05) is 97.2 Å². The Bertz CT molecular complexity index is 253. The Morgan fingerprint density at radius 3 is 0.333 bits per heavy atom. The van der Waals surface area contributed by atoms with Crippen molar-refractivity contribution in [3.05, 3.63) is 97.2 Å². The van der Waals surface area contributed by atoms with Crippen LogP contribution in [0.4, 0.5) is 0 Å². The van der Waals surface area contributed by atoms with Crippen LogP contribution in [0.2, 0.25) is 0 Å². The van der Waals surface area contributed by atoms with Crippen LogP contribution in [-0.4, -0.2) is 51.4 Å². The first-order valence-electron chi connectivity index (χ1n) is 5.33. The molecule has 2 aliphatic carbocycles. The second kappa shape index (κ2) is 17.8. The molecule has 2 aliphatic rings. The monoisotopic (exact) mass is 386 g/mol. The molecule has 0 saturated heterocycles. The Balaban J connectivity index is 0. The molecule has 2 rings (SSSR count). The Kier molecular flexibility index (Phi) is 20.8. The molecule has 2 radical (unpaired) electrons. The maximum absolute atomic E-state index is 2.00. The molecule has 0 fully saturated rings. The number of rotatable bonds is 0. The van der Waals surface area contributed by atoms with E-state index in [9.17, 15) is 0 Å². The minimum Gasteiger partial charge on any atom is -0.0623 e. The van der Waals surface area contributed by atoms with Crippen LogP contribution in [0, 0.1) is 35.6 Å². The first-order valence-corrected chi connectivity index (χ1v) is 5.33. The Hall–Kier alpha value is 0.751. The van der Waals surface area contributed by atoms with Crippen LogP contribution in [0.15, 0.2) is 97.2 Å². The van der Waals surface area contributed by atoms with Crippen LogP contribution >= 0.6 is 0 Å². The quantitative estimate of drug-likeness (QED) is 0.551. The summed E-state index contributed by atoms with van der Waals surface area (Å²) in [5.41, 5.74) is 0. The third kappa shape index (κ3) is 14.8. The Morgan fingerprint density at radius 1 is 0.222 bits per heavy atom. The predicted octanol–water partition coefficient (Wildman–Crippen LogP) is 4.07. The molecule has 84 valence electrons. The van der Waals surface area contributed by atoms with Crippen LogP contribution in [-0.2, 0) is 0 Å². The number of allylic oxidation sites excluding steroid dienone is 16. The SMILES string of the molecule is C1=C\C=C/C=C\C=C/1.C1=C\C=C/C=C\C=C/1.[K].[La]. The van der Waals surface area contributed by atoms with E-state index >= 15 is 0 Å². The minimum atomic E-state index is 0. The van der Waals surface area contributed by atoms with E-state index in [0.717, 1.165) is 0 Å². The summed E-state index contributed by atoms with van der Waals surface area (Å²) in [6, 6.07) is 0. The van der Waals surface area contributed by atoms with Gasteiger partial charge in [0.25, 0.3) is 0 Å². The molecular weight excluding hydrogens is 370 g/mol. The van der Waals surface area contributed by atoms with Crippen LogP contribution in [0.3, 0.4) is 0 Å². The molecule has 0 amide bonds. The summed E-state index contributed by atoms with van der Waals surface area (Å²) >= 11 is 0. The van der Waals surface area contributed by atoms with E-state index in [0.29, 0.717) is 0 Å². The average Bonchev–Trinajstić information content (AvgIpc) is 2.15. The van der Waals surface area contributed by atoms with Crippen molar-refractivity contribution in [2.75, 3.05) is 0 Å². The molecule has 0 atom stereocenters. The minimum absolute atomic E-state index is 0. The smallest absolute Gasteiger partial charge is 0 e. The first-order chi connectivity index (χ1) is 8.00. The summed E-state index contributed by atoms with van der Waals surface area (Å²) in [6.07, 6.45) is 32.0. The molecule has 2 heteroatoms. The summed E-state index contributed by atoms with van der Waals surface area (Å²) in [4.78, 5) is 0. The maximum atomic E-state index is 2.00. The van der Waals surface area contributed by atoms with Crippen LogP contribution in [0.1, 0.15) is 0 Å². The number of hydrogen-bond donors (Lipinski definition) is 0. The van der Waals surface area contributed by atoms with Crippen LogP contribution in [0.25, 0.3) is 0 Å². The average molecular weight is 386 g/mol. The standard InChI is InChI=1S/2C8H8.K.La/c2*1-2-4-6-8-7-5-3-1;;/h2*1-8H;;/b2*2-1-,3-1?,4-2?,5-3-,6-4-,7-5?,8-6?,8-7-;;. The zero-order valence-corrected chi connectivity index (χ0v) is 17.6. The van der Waals surface area contributed by atoms with Crippen LogP contribution in [0.5, 0.6) is 0 Å².